The Morgan fingerprint density at radius 3 is 2.27 bits per heavy atom. The molecule has 6 nitrogen and oxygen atoms in total. The summed E-state index contributed by atoms with van der Waals surface area (Å²) in [6, 6.07) is 15.2. The summed E-state index contributed by atoms with van der Waals surface area (Å²) in [4.78, 5) is 29.9. The van der Waals surface area contributed by atoms with Crippen LogP contribution >= 0.6 is 0 Å². The Morgan fingerprint density at radius 2 is 1.53 bits per heavy atom. The normalized spacial score (nSPS) is 16.4. The van der Waals surface area contributed by atoms with Crippen LogP contribution in [0.15, 0.2) is 48.5 Å². The molecule has 2 heterocycles. The van der Waals surface area contributed by atoms with E-state index in [1.165, 1.54) is 6.42 Å². The van der Waals surface area contributed by atoms with E-state index in [4.69, 9.17) is 0 Å². The minimum atomic E-state index is -0.274. The van der Waals surface area contributed by atoms with Crippen LogP contribution < -0.4 is 15.5 Å². The molecule has 3 amide bonds. The van der Waals surface area contributed by atoms with Gasteiger partial charge in [-0.1, -0.05) is 30.3 Å². The van der Waals surface area contributed by atoms with Gasteiger partial charge in [-0.25, -0.2) is 4.79 Å². The van der Waals surface area contributed by atoms with Crippen molar-refractivity contribution in [3.63, 3.8) is 0 Å². The zero-order chi connectivity index (χ0) is 20.8. The van der Waals surface area contributed by atoms with E-state index in [0.717, 1.165) is 63.1 Å². The second-order valence-electron chi connectivity index (χ2n) is 8.07. The molecule has 0 saturated carbocycles. The predicted octanol–water partition coefficient (Wildman–Crippen LogP) is 4.23. The van der Waals surface area contributed by atoms with Gasteiger partial charge in [0, 0.05) is 44.1 Å². The van der Waals surface area contributed by atoms with Crippen LogP contribution in [-0.4, -0.2) is 43.0 Å². The van der Waals surface area contributed by atoms with E-state index < -0.39 is 0 Å². The van der Waals surface area contributed by atoms with Crippen molar-refractivity contribution in [1.29, 1.82) is 0 Å². The number of piperidine rings is 1. The SMILES string of the molecule is O=C(NCc1ccccc1)Nc1ccc(N2CCCC2)c(C(=O)N2CCCCC2)c1. The van der Waals surface area contributed by atoms with Crippen LogP contribution in [-0.2, 0) is 6.54 Å². The number of nitrogens with zero attached hydrogens (tertiary/aromatic N) is 2. The molecule has 2 aliphatic heterocycles. The largest absolute Gasteiger partial charge is 0.371 e. The highest BCUT2D eigenvalue weighted by molar-refractivity contribution is 6.02. The minimum Gasteiger partial charge on any atom is -0.371 e. The van der Waals surface area contributed by atoms with Crippen molar-refractivity contribution >= 4 is 23.3 Å². The molecule has 30 heavy (non-hydrogen) atoms. The maximum absolute atomic E-state index is 13.3. The van der Waals surface area contributed by atoms with Crippen LogP contribution in [0.2, 0.25) is 0 Å². The molecule has 2 aromatic rings. The Kier molecular flexibility index (Phi) is 6.52. The topological polar surface area (TPSA) is 64.7 Å². The predicted molar refractivity (Wildman–Crippen MR) is 120 cm³/mol. The summed E-state index contributed by atoms with van der Waals surface area (Å²) in [5.41, 5.74) is 3.36. The molecule has 2 fully saturated rings. The molecule has 0 radical (unpaired) electrons. The van der Waals surface area contributed by atoms with Gasteiger partial charge >= 0.3 is 6.03 Å². The number of rotatable bonds is 5. The molecular formula is C24H30N4O2. The third-order valence-electron chi connectivity index (χ3n) is 5.87. The number of anilines is 2. The maximum Gasteiger partial charge on any atom is 0.319 e. The number of urea groups is 1. The van der Waals surface area contributed by atoms with Crippen molar-refractivity contribution in [2.45, 2.75) is 38.6 Å². The smallest absolute Gasteiger partial charge is 0.319 e. The van der Waals surface area contributed by atoms with Crippen molar-refractivity contribution in [2.75, 3.05) is 36.4 Å². The van der Waals surface area contributed by atoms with Crippen LogP contribution in [0, 0.1) is 0 Å². The first-order chi connectivity index (χ1) is 14.7. The number of benzene rings is 2. The van der Waals surface area contributed by atoms with Crippen molar-refractivity contribution in [3.05, 3.63) is 59.7 Å². The molecule has 0 aliphatic carbocycles. The number of carbonyl (C=O) groups excluding carboxylic acids is 2. The summed E-state index contributed by atoms with van der Waals surface area (Å²) in [5, 5.41) is 5.76. The number of likely N-dealkylation sites (tertiary alicyclic amines) is 1. The van der Waals surface area contributed by atoms with Gasteiger partial charge < -0.3 is 20.4 Å². The van der Waals surface area contributed by atoms with Crippen molar-refractivity contribution in [3.8, 4) is 0 Å². The highest BCUT2D eigenvalue weighted by Gasteiger charge is 2.25. The molecule has 2 aliphatic rings. The summed E-state index contributed by atoms with van der Waals surface area (Å²) < 4.78 is 0. The van der Waals surface area contributed by atoms with E-state index in [0.29, 0.717) is 17.8 Å². The lowest BCUT2D eigenvalue weighted by Crippen LogP contribution is -2.36. The average molecular weight is 407 g/mol. The van der Waals surface area contributed by atoms with Crippen molar-refractivity contribution in [1.82, 2.24) is 10.2 Å². The van der Waals surface area contributed by atoms with E-state index in [2.05, 4.69) is 15.5 Å². The van der Waals surface area contributed by atoms with Crippen molar-refractivity contribution < 1.29 is 9.59 Å². The van der Waals surface area contributed by atoms with Gasteiger partial charge in [0.1, 0.15) is 0 Å². The monoisotopic (exact) mass is 406 g/mol. The fourth-order valence-corrected chi connectivity index (χ4v) is 4.24. The van der Waals surface area contributed by atoms with Gasteiger partial charge in [-0.3, -0.25) is 4.79 Å². The number of hydrogen-bond acceptors (Lipinski definition) is 3. The Hall–Kier alpha value is -3.02. The molecule has 158 valence electrons. The van der Waals surface area contributed by atoms with E-state index >= 15 is 0 Å². The van der Waals surface area contributed by atoms with Crippen LogP contribution in [0.5, 0.6) is 0 Å². The van der Waals surface area contributed by atoms with E-state index in [-0.39, 0.29) is 11.9 Å². The molecule has 4 rings (SSSR count). The lowest BCUT2D eigenvalue weighted by Gasteiger charge is -2.29. The second kappa shape index (κ2) is 9.65. The Labute approximate surface area is 178 Å². The second-order valence-corrected chi connectivity index (χ2v) is 8.07. The summed E-state index contributed by atoms with van der Waals surface area (Å²) in [7, 11) is 0. The molecule has 2 saturated heterocycles. The number of nitrogens with one attached hydrogen (secondary N) is 2. The summed E-state index contributed by atoms with van der Waals surface area (Å²) in [6.07, 6.45) is 5.61. The fourth-order valence-electron chi connectivity index (χ4n) is 4.24. The molecule has 2 aromatic carbocycles. The summed E-state index contributed by atoms with van der Waals surface area (Å²) in [5.74, 6) is 0.0740. The Bertz CT molecular complexity index is 872. The van der Waals surface area contributed by atoms with Crippen molar-refractivity contribution in [2.24, 2.45) is 0 Å². The van der Waals surface area contributed by atoms with Gasteiger partial charge in [-0.05, 0) is 55.9 Å². The van der Waals surface area contributed by atoms with Gasteiger partial charge in [0.2, 0.25) is 0 Å². The fraction of sp³-hybridized carbons (Fsp3) is 0.417. The maximum atomic E-state index is 13.3. The van der Waals surface area contributed by atoms with E-state index in [1.807, 2.05) is 53.4 Å². The zero-order valence-corrected chi connectivity index (χ0v) is 17.4. The van der Waals surface area contributed by atoms with E-state index in [9.17, 15) is 9.59 Å². The zero-order valence-electron chi connectivity index (χ0n) is 17.4. The molecule has 0 unspecified atom stereocenters. The summed E-state index contributed by atoms with van der Waals surface area (Å²) >= 11 is 0. The molecule has 0 atom stereocenters. The molecule has 0 aromatic heterocycles. The lowest BCUT2D eigenvalue weighted by molar-refractivity contribution is 0.0725. The van der Waals surface area contributed by atoms with Gasteiger partial charge in [0.15, 0.2) is 0 Å². The third-order valence-corrected chi connectivity index (χ3v) is 5.87. The number of amides is 3. The van der Waals surface area contributed by atoms with E-state index in [1.54, 1.807) is 0 Å². The van der Waals surface area contributed by atoms with Gasteiger partial charge in [-0.15, -0.1) is 0 Å². The Morgan fingerprint density at radius 1 is 0.833 bits per heavy atom. The minimum absolute atomic E-state index is 0.0740. The Balaban J connectivity index is 1.49. The van der Waals surface area contributed by atoms with Crippen LogP contribution in [0.1, 0.15) is 48.0 Å². The molecule has 0 bridgehead atoms. The standard InChI is InChI=1S/C24H30N4O2/c29-23(28-15-5-2-6-16-28)21-17-20(11-12-22(21)27-13-7-8-14-27)26-24(30)25-18-19-9-3-1-4-10-19/h1,3-4,9-12,17H,2,5-8,13-16,18H2,(H2,25,26,30). The van der Waals surface area contributed by atoms with Gasteiger partial charge in [-0.2, -0.15) is 0 Å². The third kappa shape index (κ3) is 4.93. The molecule has 0 spiro atoms. The van der Waals surface area contributed by atoms with Crippen LogP contribution in [0.3, 0.4) is 0 Å². The van der Waals surface area contributed by atoms with Gasteiger partial charge in [0.25, 0.3) is 5.91 Å². The molecule has 2 N–H and O–H groups in total. The molecule has 6 heteroatoms. The van der Waals surface area contributed by atoms with Gasteiger partial charge in [0.05, 0.1) is 5.56 Å². The summed E-state index contributed by atoms with van der Waals surface area (Å²) in [6.45, 7) is 4.04. The first kappa shape index (κ1) is 20.3. The highest BCUT2D eigenvalue weighted by Crippen LogP contribution is 2.29. The lowest BCUT2D eigenvalue weighted by atomic mass is 10.1. The first-order valence-corrected chi connectivity index (χ1v) is 11.0. The number of carbonyl (C=O) groups is 2. The van der Waals surface area contributed by atoms with Crippen LogP contribution in [0.4, 0.5) is 16.2 Å². The first-order valence-electron chi connectivity index (χ1n) is 11.0. The molecular weight excluding hydrogens is 376 g/mol. The highest BCUT2D eigenvalue weighted by atomic mass is 16.2. The average Bonchev–Trinajstić information content (AvgIpc) is 3.33. The van der Waals surface area contributed by atoms with Crippen LogP contribution in [0.25, 0.3) is 0 Å². The quantitative estimate of drug-likeness (QED) is 0.781. The number of hydrogen-bond donors (Lipinski definition) is 2.